The maximum Gasteiger partial charge on any atom is 0.0572 e. The minimum atomic E-state index is -0.0947. The predicted molar refractivity (Wildman–Crippen MR) is 61.9 cm³/mol. The molecular weight excluding hydrogens is 200 g/mol. The van der Waals surface area contributed by atoms with Gasteiger partial charge in [0.2, 0.25) is 0 Å². The minimum absolute atomic E-state index is 0.0947. The van der Waals surface area contributed by atoms with E-state index < -0.39 is 0 Å². The first-order valence-electron chi connectivity index (χ1n) is 6.39. The number of hydrogen-bond donors (Lipinski definition) is 1. The van der Waals surface area contributed by atoms with E-state index in [0.29, 0.717) is 5.92 Å². The van der Waals surface area contributed by atoms with Crippen molar-refractivity contribution in [3.05, 3.63) is 18.0 Å². The van der Waals surface area contributed by atoms with Crippen LogP contribution in [0.4, 0.5) is 0 Å². The number of aliphatic hydroxyl groups is 1. The third-order valence-corrected chi connectivity index (χ3v) is 4.44. The Morgan fingerprint density at radius 2 is 2.19 bits per heavy atom. The Morgan fingerprint density at radius 1 is 1.44 bits per heavy atom. The number of hydrogen-bond acceptors (Lipinski definition) is 2. The summed E-state index contributed by atoms with van der Waals surface area (Å²) in [5.41, 5.74) is 1.22. The first-order valence-corrected chi connectivity index (χ1v) is 6.39. The first kappa shape index (κ1) is 10.3. The molecular formula is C13H20N2O. The van der Waals surface area contributed by atoms with Crippen molar-refractivity contribution in [1.29, 1.82) is 0 Å². The van der Waals surface area contributed by atoms with Crippen molar-refractivity contribution in [2.24, 2.45) is 24.8 Å². The fraction of sp³-hybridized carbons (Fsp3) is 0.769. The van der Waals surface area contributed by atoms with Gasteiger partial charge in [0.15, 0.2) is 0 Å². The Bertz CT molecular complexity index is 364. The van der Waals surface area contributed by atoms with E-state index in [-0.39, 0.29) is 6.10 Å². The summed E-state index contributed by atoms with van der Waals surface area (Å²) in [6.07, 6.45) is 7.56. The molecule has 2 aliphatic carbocycles. The second-order valence-electron chi connectivity index (χ2n) is 5.54. The molecule has 16 heavy (non-hydrogen) atoms. The highest BCUT2D eigenvalue weighted by Gasteiger charge is 2.47. The van der Waals surface area contributed by atoms with Crippen molar-refractivity contribution in [2.75, 3.05) is 0 Å². The van der Waals surface area contributed by atoms with Crippen LogP contribution >= 0.6 is 0 Å². The molecule has 2 fully saturated rings. The van der Waals surface area contributed by atoms with E-state index in [1.165, 1.54) is 25.0 Å². The molecule has 0 aliphatic heterocycles. The number of fused-ring (bicyclic) bond motifs is 1. The number of aliphatic hydroxyl groups excluding tert-OH is 1. The van der Waals surface area contributed by atoms with E-state index in [2.05, 4.69) is 5.10 Å². The molecule has 0 bridgehead atoms. The zero-order chi connectivity index (χ0) is 11.1. The normalized spacial score (nSPS) is 33.8. The Hall–Kier alpha value is -0.830. The number of aryl methyl sites for hydroxylation is 2. The second-order valence-corrected chi connectivity index (χ2v) is 5.54. The smallest absolute Gasteiger partial charge is 0.0572 e. The standard InChI is InChI=1S/C13H20N2O/c1-15-12(4-5-14-15)2-3-13(16)11-7-9-6-10(9)8-11/h4-5,9-11,13,16H,2-3,6-8H2,1H3. The van der Waals surface area contributed by atoms with Gasteiger partial charge < -0.3 is 5.11 Å². The second kappa shape index (κ2) is 3.88. The van der Waals surface area contributed by atoms with Gasteiger partial charge in [0, 0.05) is 18.9 Å². The van der Waals surface area contributed by atoms with Crippen LogP contribution in [-0.4, -0.2) is 21.0 Å². The fourth-order valence-corrected chi connectivity index (χ4v) is 3.25. The average Bonchev–Trinajstić information content (AvgIpc) is 2.71. The monoisotopic (exact) mass is 220 g/mol. The Kier molecular flexibility index (Phi) is 2.51. The Labute approximate surface area is 96.5 Å². The molecule has 1 aromatic rings. The summed E-state index contributed by atoms with van der Waals surface area (Å²) in [6, 6.07) is 2.04. The van der Waals surface area contributed by atoms with Gasteiger partial charge in [0.05, 0.1) is 6.10 Å². The molecule has 3 heteroatoms. The molecule has 2 aliphatic rings. The lowest BCUT2D eigenvalue weighted by Gasteiger charge is -2.19. The van der Waals surface area contributed by atoms with Crippen LogP contribution in [0.25, 0.3) is 0 Å². The molecule has 0 aromatic carbocycles. The van der Waals surface area contributed by atoms with Crippen molar-refractivity contribution < 1.29 is 5.11 Å². The van der Waals surface area contributed by atoms with Crippen LogP contribution in [0.1, 0.15) is 31.4 Å². The molecule has 3 nitrogen and oxygen atoms in total. The van der Waals surface area contributed by atoms with Crippen molar-refractivity contribution in [2.45, 2.75) is 38.2 Å². The van der Waals surface area contributed by atoms with Gasteiger partial charge in [0.25, 0.3) is 0 Å². The van der Waals surface area contributed by atoms with Gasteiger partial charge in [0.1, 0.15) is 0 Å². The first-order chi connectivity index (χ1) is 7.74. The summed E-state index contributed by atoms with van der Waals surface area (Å²) < 4.78 is 1.90. The molecule has 1 N–H and O–H groups in total. The summed E-state index contributed by atoms with van der Waals surface area (Å²) >= 11 is 0. The van der Waals surface area contributed by atoms with Gasteiger partial charge in [-0.3, -0.25) is 4.68 Å². The van der Waals surface area contributed by atoms with Crippen LogP contribution in [0.5, 0.6) is 0 Å². The summed E-state index contributed by atoms with van der Waals surface area (Å²) in [4.78, 5) is 0. The van der Waals surface area contributed by atoms with Crippen LogP contribution in [0.2, 0.25) is 0 Å². The average molecular weight is 220 g/mol. The lowest BCUT2D eigenvalue weighted by Crippen LogP contribution is -2.20. The van der Waals surface area contributed by atoms with Gasteiger partial charge in [-0.05, 0) is 55.9 Å². The molecule has 0 saturated heterocycles. The molecule has 0 radical (unpaired) electrons. The zero-order valence-electron chi connectivity index (χ0n) is 9.84. The number of aromatic nitrogens is 2. The van der Waals surface area contributed by atoms with E-state index >= 15 is 0 Å². The molecule has 3 unspecified atom stereocenters. The van der Waals surface area contributed by atoms with Crippen LogP contribution < -0.4 is 0 Å². The summed E-state index contributed by atoms with van der Waals surface area (Å²) in [6.45, 7) is 0. The van der Waals surface area contributed by atoms with Crippen molar-refractivity contribution >= 4 is 0 Å². The highest BCUT2D eigenvalue weighted by atomic mass is 16.3. The predicted octanol–water partition coefficient (Wildman–Crippen LogP) is 1.76. The Balaban J connectivity index is 1.49. The van der Waals surface area contributed by atoms with Crippen LogP contribution in [0, 0.1) is 17.8 Å². The van der Waals surface area contributed by atoms with E-state index in [1.54, 1.807) is 0 Å². The van der Waals surface area contributed by atoms with E-state index in [4.69, 9.17) is 0 Å². The maximum absolute atomic E-state index is 10.1. The SMILES string of the molecule is Cn1nccc1CCC(O)C1CC2CC2C1. The number of nitrogens with zero attached hydrogens (tertiary/aromatic N) is 2. The Morgan fingerprint density at radius 3 is 2.81 bits per heavy atom. The van der Waals surface area contributed by atoms with Crippen LogP contribution in [0.15, 0.2) is 12.3 Å². The van der Waals surface area contributed by atoms with E-state index in [1.807, 2.05) is 24.0 Å². The van der Waals surface area contributed by atoms with Gasteiger partial charge in [-0.25, -0.2) is 0 Å². The minimum Gasteiger partial charge on any atom is -0.393 e. The molecule has 1 heterocycles. The molecule has 0 amide bonds. The molecule has 2 saturated carbocycles. The molecule has 1 aromatic heterocycles. The molecule has 3 rings (SSSR count). The molecule has 3 atom stereocenters. The molecule has 88 valence electrons. The lowest BCUT2D eigenvalue weighted by atomic mass is 9.93. The van der Waals surface area contributed by atoms with Gasteiger partial charge in [-0.2, -0.15) is 5.10 Å². The third kappa shape index (κ3) is 1.88. The summed E-state index contributed by atoms with van der Waals surface area (Å²) in [5.74, 6) is 2.52. The highest BCUT2D eigenvalue weighted by molar-refractivity contribution is 5.02. The van der Waals surface area contributed by atoms with Crippen LogP contribution in [0.3, 0.4) is 0 Å². The highest BCUT2D eigenvalue weighted by Crippen LogP contribution is 2.55. The third-order valence-electron chi connectivity index (χ3n) is 4.44. The van der Waals surface area contributed by atoms with Crippen molar-refractivity contribution in [1.82, 2.24) is 9.78 Å². The number of rotatable bonds is 4. The lowest BCUT2D eigenvalue weighted by molar-refractivity contribution is 0.0951. The largest absolute Gasteiger partial charge is 0.393 e. The maximum atomic E-state index is 10.1. The summed E-state index contributed by atoms with van der Waals surface area (Å²) in [7, 11) is 1.96. The van der Waals surface area contributed by atoms with Crippen molar-refractivity contribution in [3.8, 4) is 0 Å². The van der Waals surface area contributed by atoms with Gasteiger partial charge in [-0.1, -0.05) is 0 Å². The van der Waals surface area contributed by atoms with Gasteiger partial charge in [-0.15, -0.1) is 0 Å². The van der Waals surface area contributed by atoms with Crippen molar-refractivity contribution in [3.63, 3.8) is 0 Å². The summed E-state index contributed by atoms with van der Waals surface area (Å²) in [5, 5.41) is 14.3. The van der Waals surface area contributed by atoms with E-state index in [9.17, 15) is 5.11 Å². The van der Waals surface area contributed by atoms with Gasteiger partial charge >= 0.3 is 0 Å². The topological polar surface area (TPSA) is 38.0 Å². The van der Waals surface area contributed by atoms with Crippen LogP contribution in [-0.2, 0) is 13.5 Å². The zero-order valence-corrected chi connectivity index (χ0v) is 9.84. The quantitative estimate of drug-likeness (QED) is 0.839. The molecule has 0 spiro atoms. The van der Waals surface area contributed by atoms with E-state index in [0.717, 1.165) is 24.7 Å². The fourth-order valence-electron chi connectivity index (χ4n) is 3.25.